The van der Waals surface area contributed by atoms with Crippen LogP contribution in [0.25, 0.3) is 0 Å². The molecule has 0 fully saturated rings. The minimum atomic E-state index is -0.0950. The van der Waals surface area contributed by atoms with Gasteiger partial charge in [0, 0.05) is 22.7 Å². The smallest absolute Gasteiger partial charge is 0.251 e. The van der Waals surface area contributed by atoms with Crippen LogP contribution in [0.3, 0.4) is 0 Å². The number of nitrogens with zero attached hydrogens (tertiary/aromatic N) is 1. The van der Waals surface area contributed by atoms with Crippen molar-refractivity contribution in [3.8, 4) is 0 Å². The Kier molecular flexibility index (Phi) is 4.54. The zero-order chi connectivity index (χ0) is 13.1. The third kappa shape index (κ3) is 4.02. The Morgan fingerprint density at radius 3 is 2.59 bits per heavy atom. The maximum Gasteiger partial charge on any atom is 0.251 e. The van der Waals surface area contributed by atoms with Gasteiger partial charge in [-0.3, -0.25) is 4.79 Å². The van der Waals surface area contributed by atoms with Gasteiger partial charge in [-0.1, -0.05) is 17.7 Å². The van der Waals surface area contributed by atoms with Gasteiger partial charge in [-0.15, -0.1) is 0 Å². The molecule has 0 saturated carbocycles. The maximum atomic E-state index is 11.9. The lowest BCUT2D eigenvalue weighted by atomic mass is 10.0. The van der Waals surface area contributed by atoms with E-state index in [4.69, 9.17) is 11.6 Å². The first-order chi connectivity index (χ1) is 7.83. The lowest BCUT2D eigenvalue weighted by molar-refractivity contribution is 0.0919. The van der Waals surface area contributed by atoms with Crippen molar-refractivity contribution < 1.29 is 4.79 Å². The van der Waals surface area contributed by atoms with Crippen LogP contribution in [-0.2, 0) is 0 Å². The van der Waals surface area contributed by atoms with Gasteiger partial charge >= 0.3 is 0 Å². The fourth-order valence-corrected chi connectivity index (χ4v) is 1.38. The minimum absolute atomic E-state index is 0.0752. The molecule has 0 atom stereocenters. The van der Waals surface area contributed by atoms with Crippen LogP contribution < -0.4 is 5.32 Å². The van der Waals surface area contributed by atoms with E-state index in [1.807, 2.05) is 14.1 Å². The van der Waals surface area contributed by atoms with Gasteiger partial charge in [-0.05, 0) is 46.1 Å². The number of halogens is 1. The quantitative estimate of drug-likeness (QED) is 0.895. The molecule has 0 bridgehead atoms. The van der Waals surface area contributed by atoms with Crippen LogP contribution in [0.2, 0.25) is 5.02 Å². The summed E-state index contributed by atoms with van der Waals surface area (Å²) < 4.78 is 0. The summed E-state index contributed by atoms with van der Waals surface area (Å²) in [5, 5.41) is 3.48. The van der Waals surface area contributed by atoms with Gasteiger partial charge in [0.25, 0.3) is 5.91 Å². The number of likely N-dealkylation sites (N-methyl/N-ethyl adjacent to an activating group) is 1. The van der Waals surface area contributed by atoms with E-state index < -0.39 is 0 Å². The second-order valence-electron chi connectivity index (χ2n) is 4.90. The summed E-state index contributed by atoms with van der Waals surface area (Å²) in [7, 11) is 3.98. The minimum Gasteiger partial charge on any atom is -0.350 e. The summed E-state index contributed by atoms with van der Waals surface area (Å²) in [5.41, 5.74) is 0.515. The molecule has 0 unspecified atom stereocenters. The second-order valence-corrected chi connectivity index (χ2v) is 5.34. The van der Waals surface area contributed by atoms with Crippen molar-refractivity contribution in [3.05, 3.63) is 34.9 Å². The van der Waals surface area contributed by atoms with Crippen LogP contribution in [-0.4, -0.2) is 37.0 Å². The molecule has 0 heterocycles. The predicted molar refractivity (Wildman–Crippen MR) is 71.6 cm³/mol. The number of hydrogen-bond acceptors (Lipinski definition) is 2. The highest BCUT2D eigenvalue weighted by Gasteiger charge is 2.21. The lowest BCUT2D eigenvalue weighted by Crippen LogP contribution is -2.48. The van der Waals surface area contributed by atoms with Crippen LogP contribution in [0, 0.1) is 0 Å². The SMILES string of the molecule is CN(C)C(C)(C)CNC(=O)c1cccc(Cl)c1. The number of carbonyl (C=O) groups excluding carboxylic acids is 1. The van der Waals surface area contributed by atoms with E-state index in [0.29, 0.717) is 17.1 Å². The summed E-state index contributed by atoms with van der Waals surface area (Å²) in [6.07, 6.45) is 0. The molecule has 1 rings (SSSR count). The third-order valence-corrected chi connectivity index (χ3v) is 3.21. The Labute approximate surface area is 108 Å². The maximum absolute atomic E-state index is 11.9. The zero-order valence-electron chi connectivity index (χ0n) is 10.7. The van der Waals surface area contributed by atoms with E-state index >= 15 is 0 Å². The molecule has 1 amide bonds. The fraction of sp³-hybridized carbons (Fsp3) is 0.462. The Morgan fingerprint density at radius 1 is 1.41 bits per heavy atom. The van der Waals surface area contributed by atoms with Gasteiger partial charge in [0.2, 0.25) is 0 Å². The van der Waals surface area contributed by atoms with E-state index in [0.717, 1.165) is 0 Å². The standard InChI is InChI=1S/C13H19ClN2O/c1-13(2,16(3)4)9-15-12(17)10-6-5-7-11(14)8-10/h5-8H,9H2,1-4H3,(H,15,17). The first kappa shape index (κ1) is 14.0. The number of benzene rings is 1. The van der Waals surface area contributed by atoms with Gasteiger partial charge in [0.05, 0.1) is 0 Å². The molecule has 0 radical (unpaired) electrons. The molecule has 1 aromatic carbocycles. The van der Waals surface area contributed by atoms with Crippen molar-refractivity contribution in [3.63, 3.8) is 0 Å². The molecule has 0 spiro atoms. The molecular weight excluding hydrogens is 236 g/mol. The molecule has 3 nitrogen and oxygen atoms in total. The molecule has 4 heteroatoms. The summed E-state index contributed by atoms with van der Waals surface area (Å²) in [4.78, 5) is 14.0. The van der Waals surface area contributed by atoms with Gasteiger partial charge in [0.15, 0.2) is 0 Å². The number of rotatable bonds is 4. The molecule has 0 aliphatic carbocycles. The van der Waals surface area contributed by atoms with Crippen molar-refractivity contribution in [2.75, 3.05) is 20.6 Å². The molecule has 1 aromatic rings. The lowest BCUT2D eigenvalue weighted by Gasteiger charge is -2.32. The molecule has 0 aliphatic heterocycles. The van der Waals surface area contributed by atoms with E-state index in [9.17, 15) is 4.79 Å². The van der Waals surface area contributed by atoms with Gasteiger partial charge in [0.1, 0.15) is 0 Å². The van der Waals surface area contributed by atoms with Gasteiger partial charge in [-0.25, -0.2) is 0 Å². The highest BCUT2D eigenvalue weighted by molar-refractivity contribution is 6.30. The number of hydrogen-bond donors (Lipinski definition) is 1. The largest absolute Gasteiger partial charge is 0.350 e. The van der Waals surface area contributed by atoms with Crippen molar-refractivity contribution in [2.45, 2.75) is 19.4 Å². The molecule has 17 heavy (non-hydrogen) atoms. The van der Waals surface area contributed by atoms with Crippen molar-refractivity contribution in [2.24, 2.45) is 0 Å². The normalized spacial score (nSPS) is 11.6. The van der Waals surface area contributed by atoms with Crippen molar-refractivity contribution in [1.29, 1.82) is 0 Å². The monoisotopic (exact) mass is 254 g/mol. The molecule has 0 aliphatic rings. The summed E-state index contributed by atoms with van der Waals surface area (Å²) in [6, 6.07) is 6.94. The first-order valence-electron chi connectivity index (χ1n) is 5.54. The molecular formula is C13H19ClN2O. The van der Waals surface area contributed by atoms with Crippen molar-refractivity contribution in [1.82, 2.24) is 10.2 Å². The zero-order valence-corrected chi connectivity index (χ0v) is 11.5. The average Bonchev–Trinajstić information content (AvgIpc) is 2.25. The average molecular weight is 255 g/mol. The van der Waals surface area contributed by atoms with E-state index in [-0.39, 0.29) is 11.4 Å². The number of carbonyl (C=O) groups is 1. The van der Waals surface area contributed by atoms with Crippen LogP contribution in [0.1, 0.15) is 24.2 Å². The summed E-state index contributed by atoms with van der Waals surface area (Å²) in [6.45, 7) is 4.74. The van der Waals surface area contributed by atoms with Gasteiger partial charge in [-0.2, -0.15) is 0 Å². The number of amides is 1. The number of nitrogens with one attached hydrogen (secondary N) is 1. The second kappa shape index (κ2) is 5.52. The predicted octanol–water partition coefficient (Wildman–Crippen LogP) is 2.41. The van der Waals surface area contributed by atoms with Gasteiger partial charge < -0.3 is 10.2 Å². The molecule has 1 N–H and O–H groups in total. The Morgan fingerprint density at radius 2 is 2.06 bits per heavy atom. The molecule has 0 aromatic heterocycles. The fourth-order valence-electron chi connectivity index (χ4n) is 1.19. The van der Waals surface area contributed by atoms with E-state index in [1.165, 1.54) is 0 Å². The van der Waals surface area contributed by atoms with E-state index in [2.05, 4.69) is 24.1 Å². The summed E-state index contributed by atoms with van der Waals surface area (Å²) in [5.74, 6) is -0.0950. The topological polar surface area (TPSA) is 32.3 Å². The van der Waals surface area contributed by atoms with Crippen LogP contribution in [0.4, 0.5) is 0 Å². The van der Waals surface area contributed by atoms with Crippen molar-refractivity contribution >= 4 is 17.5 Å². The first-order valence-corrected chi connectivity index (χ1v) is 5.92. The third-order valence-electron chi connectivity index (χ3n) is 2.98. The Balaban J connectivity index is 2.62. The summed E-state index contributed by atoms with van der Waals surface area (Å²) >= 11 is 5.84. The Hall–Kier alpha value is -1.06. The van der Waals surface area contributed by atoms with Crippen LogP contribution in [0.15, 0.2) is 24.3 Å². The van der Waals surface area contributed by atoms with Crippen LogP contribution >= 0.6 is 11.6 Å². The molecule has 0 saturated heterocycles. The molecule has 94 valence electrons. The highest BCUT2D eigenvalue weighted by atomic mass is 35.5. The highest BCUT2D eigenvalue weighted by Crippen LogP contribution is 2.12. The van der Waals surface area contributed by atoms with E-state index in [1.54, 1.807) is 24.3 Å². The van der Waals surface area contributed by atoms with Crippen LogP contribution in [0.5, 0.6) is 0 Å². The Bertz CT molecular complexity index is 402.